The SMILES string of the molecule is C=C(C)C(=C)CC[P+](C)(C)CC. The summed E-state index contributed by atoms with van der Waals surface area (Å²) in [5.41, 5.74) is 2.38. The number of allylic oxidation sites excluding steroid dienone is 2. The highest BCUT2D eigenvalue weighted by molar-refractivity contribution is 7.74. The van der Waals surface area contributed by atoms with E-state index in [-0.39, 0.29) is 0 Å². The van der Waals surface area contributed by atoms with Crippen LogP contribution in [0.3, 0.4) is 0 Å². The van der Waals surface area contributed by atoms with Crippen molar-refractivity contribution in [3.8, 4) is 0 Å². The Morgan fingerprint density at radius 1 is 1.25 bits per heavy atom. The van der Waals surface area contributed by atoms with Gasteiger partial charge in [-0.2, -0.15) is 0 Å². The van der Waals surface area contributed by atoms with Crippen LogP contribution in [0.4, 0.5) is 0 Å². The first-order valence-electron chi connectivity index (χ1n) is 4.54. The van der Waals surface area contributed by atoms with Gasteiger partial charge in [-0.25, -0.2) is 0 Å². The van der Waals surface area contributed by atoms with E-state index in [1.807, 2.05) is 6.92 Å². The van der Waals surface area contributed by atoms with E-state index in [1.54, 1.807) is 0 Å². The van der Waals surface area contributed by atoms with Crippen LogP contribution < -0.4 is 0 Å². The minimum absolute atomic E-state index is 0.619. The fraction of sp³-hybridized carbons (Fsp3) is 0.636. The Kier molecular flexibility index (Phi) is 4.78. The van der Waals surface area contributed by atoms with E-state index in [4.69, 9.17) is 0 Å². The molecule has 0 radical (unpaired) electrons. The first kappa shape index (κ1) is 11.9. The quantitative estimate of drug-likeness (QED) is 0.451. The van der Waals surface area contributed by atoms with Crippen molar-refractivity contribution in [2.75, 3.05) is 25.7 Å². The zero-order valence-electron chi connectivity index (χ0n) is 8.98. The van der Waals surface area contributed by atoms with Gasteiger partial charge in [-0.05, 0) is 19.4 Å². The lowest BCUT2D eigenvalue weighted by Crippen LogP contribution is -1.99. The van der Waals surface area contributed by atoms with Crippen LogP contribution in [0.2, 0.25) is 0 Å². The predicted octanol–water partition coefficient (Wildman–Crippen LogP) is 3.81. The molecule has 1 heteroatoms. The Morgan fingerprint density at radius 2 is 1.75 bits per heavy atom. The first-order chi connectivity index (χ1) is 5.39. The average molecular weight is 185 g/mol. The van der Waals surface area contributed by atoms with E-state index < -0.39 is 7.26 Å². The van der Waals surface area contributed by atoms with Crippen molar-refractivity contribution in [1.29, 1.82) is 0 Å². The first-order valence-corrected chi connectivity index (χ1v) is 7.60. The number of hydrogen-bond donors (Lipinski definition) is 0. The van der Waals surface area contributed by atoms with Gasteiger partial charge in [-0.1, -0.05) is 18.7 Å². The Labute approximate surface area is 78.1 Å². The molecule has 0 nitrogen and oxygen atoms in total. The summed E-state index contributed by atoms with van der Waals surface area (Å²) in [6, 6.07) is 0. The maximum Gasteiger partial charge on any atom is 0.0629 e. The molecule has 0 saturated heterocycles. The van der Waals surface area contributed by atoms with Crippen LogP contribution in [0.25, 0.3) is 0 Å². The molecule has 0 N–H and O–H groups in total. The molecule has 0 aliphatic heterocycles. The van der Waals surface area contributed by atoms with E-state index in [2.05, 4.69) is 33.4 Å². The Bertz CT molecular complexity index is 177. The molecule has 70 valence electrons. The van der Waals surface area contributed by atoms with Gasteiger partial charge in [-0.3, -0.25) is 0 Å². The molecule has 0 aliphatic rings. The van der Waals surface area contributed by atoms with Crippen LogP contribution >= 0.6 is 7.26 Å². The van der Waals surface area contributed by atoms with Crippen molar-refractivity contribution in [2.24, 2.45) is 0 Å². The minimum atomic E-state index is -0.619. The predicted molar refractivity (Wildman–Crippen MR) is 62.7 cm³/mol. The summed E-state index contributed by atoms with van der Waals surface area (Å²) in [7, 11) is -0.619. The zero-order chi connectivity index (χ0) is 9.78. The van der Waals surface area contributed by atoms with E-state index in [0.29, 0.717) is 0 Å². The topological polar surface area (TPSA) is 0 Å². The van der Waals surface area contributed by atoms with Gasteiger partial charge in [0, 0.05) is 27.0 Å². The largest absolute Gasteiger partial charge is 0.0959 e. The van der Waals surface area contributed by atoms with E-state index in [1.165, 1.54) is 17.9 Å². The highest BCUT2D eigenvalue weighted by Crippen LogP contribution is 2.51. The summed E-state index contributed by atoms with van der Waals surface area (Å²) in [6.07, 6.45) is 3.82. The standard InChI is InChI=1S/C11H22P/c1-7-12(5,6)9-8-11(4)10(2)3/h2,4,7-9H2,1,3,5-6H3/q+1. The number of rotatable bonds is 5. The third-order valence-corrected chi connectivity index (χ3v) is 5.62. The molecule has 0 aromatic rings. The second kappa shape index (κ2) is 4.82. The lowest BCUT2D eigenvalue weighted by Gasteiger charge is -2.16. The Morgan fingerprint density at radius 3 is 2.08 bits per heavy atom. The lowest BCUT2D eigenvalue weighted by molar-refractivity contribution is 1.11. The van der Waals surface area contributed by atoms with Gasteiger partial charge in [0.2, 0.25) is 0 Å². The monoisotopic (exact) mass is 185 g/mol. The second-order valence-electron chi connectivity index (χ2n) is 4.11. The van der Waals surface area contributed by atoms with Crippen molar-refractivity contribution in [3.05, 3.63) is 24.3 Å². The lowest BCUT2D eigenvalue weighted by atomic mass is 10.1. The maximum atomic E-state index is 4.01. The van der Waals surface area contributed by atoms with Crippen LogP contribution in [-0.4, -0.2) is 25.7 Å². The average Bonchev–Trinajstić information content (AvgIpc) is 2.00. The normalized spacial score (nSPS) is 11.3. The summed E-state index contributed by atoms with van der Waals surface area (Å²) in [5.74, 6) is 0. The summed E-state index contributed by atoms with van der Waals surface area (Å²) < 4.78 is 0. The molecular formula is C11H22P+. The van der Waals surface area contributed by atoms with Gasteiger partial charge in [0.25, 0.3) is 0 Å². The molecule has 0 spiro atoms. The van der Waals surface area contributed by atoms with Gasteiger partial charge in [0.15, 0.2) is 0 Å². The van der Waals surface area contributed by atoms with Gasteiger partial charge in [0.05, 0.1) is 12.3 Å². The van der Waals surface area contributed by atoms with Gasteiger partial charge in [0.1, 0.15) is 0 Å². The smallest absolute Gasteiger partial charge is 0.0629 e. The summed E-state index contributed by atoms with van der Waals surface area (Å²) >= 11 is 0. The molecule has 0 aromatic heterocycles. The highest BCUT2D eigenvalue weighted by Gasteiger charge is 2.21. The molecule has 0 aromatic carbocycles. The number of hydrogen-bond acceptors (Lipinski definition) is 0. The molecule has 0 fully saturated rings. The molecule has 12 heavy (non-hydrogen) atoms. The van der Waals surface area contributed by atoms with Crippen molar-refractivity contribution in [2.45, 2.75) is 20.3 Å². The molecule has 0 bridgehead atoms. The highest BCUT2D eigenvalue weighted by atomic mass is 31.2. The van der Waals surface area contributed by atoms with E-state index >= 15 is 0 Å². The fourth-order valence-corrected chi connectivity index (χ4v) is 2.00. The van der Waals surface area contributed by atoms with E-state index in [0.717, 1.165) is 12.0 Å². The van der Waals surface area contributed by atoms with Crippen LogP contribution in [0.1, 0.15) is 20.3 Å². The van der Waals surface area contributed by atoms with Crippen LogP contribution in [0.15, 0.2) is 24.3 Å². The summed E-state index contributed by atoms with van der Waals surface area (Å²) in [4.78, 5) is 0. The van der Waals surface area contributed by atoms with Crippen molar-refractivity contribution < 1.29 is 0 Å². The van der Waals surface area contributed by atoms with E-state index in [9.17, 15) is 0 Å². The van der Waals surface area contributed by atoms with Gasteiger partial charge in [-0.15, -0.1) is 0 Å². The fourth-order valence-electron chi connectivity index (χ4n) is 0.809. The van der Waals surface area contributed by atoms with Gasteiger partial charge >= 0.3 is 0 Å². The Hall–Kier alpha value is -0.0900. The molecule has 0 amide bonds. The maximum absolute atomic E-state index is 4.01. The Balaban J connectivity index is 3.83. The third kappa shape index (κ3) is 4.72. The molecular weight excluding hydrogens is 163 g/mol. The summed E-state index contributed by atoms with van der Waals surface area (Å²) in [6.45, 7) is 17.1. The molecule has 0 heterocycles. The zero-order valence-corrected chi connectivity index (χ0v) is 9.88. The summed E-state index contributed by atoms with van der Waals surface area (Å²) in [5, 5.41) is 0. The molecule has 0 rings (SSSR count). The molecule has 0 unspecified atom stereocenters. The molecule has 0 aliphatic carbocycles. The van der Waals surface area contributed by atoms with Crippen molar-refractivity contribution in [1.82, 2.24) is 0 Å². The molecule has 0 atom stereocenters. The second-order valence-corrected chi connectivity index (χ2v) is 9.06. The third-order valence-electron chi connectivity index (χ3n) is 2.48. The van der Waals surface area contributed by atoms with Crippen molar-refractivity contribution >= 4 is 7.26 Å². The minimum Gasteiger partial charge on any atom is -0.0959 e. The van der Waals surface area contributed by atoms with Crippen LogP contribution in [0.5, 0.6) is 0 Å². The van der Waals surface area contributed by atoms with Crippen molar-refractivity contribution in [3.63, 3.8) is 0 Å². The van der Waals surface area contributed by atoms with Crippen LogP contribution in [0, 0.1) is 0 Å². The molecule has 0 saturated carbocycles. The van der Waals surface area contributed by atoms with Gasteiger partial charge < -0.3 is 0 Å². The van der Waals surface area contributed by atoms with Crippen LogP contribution in [-0.2, 0) is 0 Å².